The number of nitrogens with zero attached hydrogens (tertiary/aromatic N) is 1. The highest BCUT2D eigenvalue weighted by Crippen LogP contribution is 2.51. The third kappa shape index (κ3) is 0.516. The molecule has 2 heteroatoms. The summed E-state index contributed by atoms with van der Waals surface area (Å²) >= 11 is 0. The van der Waals surface area contributed by atoms with Gasteiger partial charge in [0.05, 0.1) is 6.04 Å². The fourth-order valence-electron chi connectivity index (χ4n) is 2.31. The Labute approximate surface area is 65.2 Å². The van der Waals surface area contributed by atoms with Crippen LogP contribution in [0.2, 0.25) is 0 Å². The lowest BCUT2D eigenvalue weighted by Gasteiger charge is -2.28. The van der Waals surface area contributed by atoms with Crippen LogP contribution in [-0.4, -0.2) is 23.4 Å². The summed E-state index contributed by atoms with van der Waals surface area (Å²) in [4.78, 5) is 12.6. The molecule has 2 atom stereocenters. The zero-order chi connectivity index (χ0) is 7.42. The molecule has 3 rings (SSSR count). The van der Waals surface area contributed by atoms with Gasteiger partial charge < -0.3 is 4.90 Å². The van der Waals surface area contributed by atoms with E-state index < -0.39 is 0 Å². The quantitative estimate of drug-likeness (QED) is 0.392. The zero-order valence-corrected chi connectivity index (χ0v) is 6.05. The molecule has 1 fully saturated rings. The third-order valence-corrected chi connectivity index (χ3v) is 2.96. The van der Waals surface area contributed by atoms with E-state index >= 15 is 0 Å². The lowest BCUT2D eigenvalue weighted by atomic mass is 10.1. The van der Waals surface area contributed by atoms with Crippen molar-refractivity contribution in [1.82, 2.24) is 4.90 Å². The van der Waals surface area contributed by atoms with E-state index in [4.69, 9.17) is 0 Å². The summed E-state index contributed by atoms with van der Waals surface area (Å²) in [5, 5.41) is 0. The Kier molecular flexibility index (Phi) is 0.799. The van der Waals surface area contributed by atoms with Crippen molar-refractivity contribution in [2.75, 3.05) is 0 Å². The molecule has 2 heterocycles. The maximum Gasteiger partial charge on any atom is 0.210 e. The van der Waals surface area contributed by atoms with Crippen molar-refractivity contribution in [3.63, 3.8) is 0 Å². The van der Waals surface area contributed by atoms with Gasteiger partial charge in [-0.3, -0.25) is 4.79 Å². The summed E-state index contributed by atoms with van der Waals surface area (Å²) in [6.07, 6.45) is 9.73. The average molecular weight is 147 g/mol. The maximum absolute atomic E-state index is 10.6. The predicted molar refractivity (Wildman–Crippen MR) is 40.7 cm³/mol. The molecule has 0 N–H and O–H groups in total. The molecule has 0 spiro atoms. The van der Waals surface area contributed by atoms with Crippen molar-refractivity contribution in [2.45, 2.75) is 12.1 Å². The van der Waals surface area contributed by atoms with Crippen molar-refractivity contribution in [3.05, 3.63) is 24.3 Å². The first-order chi connectivity index (χ1) is 5.42. The molecule has 0 aromatic rings. The molecule has 1 amide bonds. The number of carbonyl (C=O) groups excluding carboxylic acids is 1. The zero-order valence-electron chi connectivity index (χ0n) is 6.05. The van der Waals surface area contributed by atoms with E-state index in [0.29, 0.717) is 17.9 Å². The van der Waals surface area contributed by atoms with Crippen molar-refractivity contribution in [1.29, 1.82) is 0 Å². The SMILES string of the molecule is O=CN1C2C=CC3C(C=C2)C31. The lowest BCUT2D eigenvalue weighted by Crippen LogP contribution is -2.38. The van der Waals surface area contributed by atoms with E-state index in [1.165, 1.54) is 0 Å². The van der Waals surface area contributed by atoms with Crippen molar-refractivity contribution in [3.8, 4) is 0 Å². The smallest absolute Gasteiger partial charge is 0.210 e. The molecular formula is C9H9NO. The minimum atomic E-state index is 0.257. The molecule has 0 aromatic carbocycles. The summed E-state index contributed by atoms with van der Waals surface area (Å²) in [7, 11) is 0. The van der Waals surface area contributed by atoms with Gasteiger partial charge in [-0.1, -0.05) is 24.3 Å². The van der Waals surface area contributed by atoms with Gasteiger partial charge in [0.25, 0.3) is 0 Å². The van der Waals surface area contributed by atoms with E-state index in [9.17, 15) is 4.79 Å². The molecule has 2 bridgehead atoms. The molecule has 1 saturated carbocycles. The third-order valence-electron chi connectivity index (χ3n) is 2.96. The van der Waals surface area contributed by atoms with Crippen LogP contribution in [0.3, 0.4) is 0 Å². The lowest BCUT2D eigenvalue weighted by molar-refractivity contribution is -0.119. The summed E-state index contributed by atoms with van der Waals surface area (Å²) in [5.41, 5.74) is 0. The van der Waals surface area contributed by atoms with E-state index in [1.54, 1.807) is 0 Å². The Morgan fingerprint density at radius 1 is 1.09 bits per heavy atom. The first-order valence-corrected chi connectivity index (χ1v) is 4.01. The van der Waals surface area contributed by atoms with Crippen LogP contribution in [0, 0.1) is 11.8 Å². The largest absolute Gasteiger partial charge is 0.331 e. The molecule has 11 heavy (non-hydrogen) atoms. The highest BCUT2D eigenvalue weighted by atomic mass is 16.1. The second-order valence-electron chi connectivity index (χ2n) is 3.46. The van der Waals surface area contributed by atoms with Crippen LogP contribution < -0.4 is 0 Å². The van der Waals surface area contributed by atoms with Crippen LogP contribution in [0.25, 0.3) is 0 Å². The summed E-state index contributed by atoms with van der Waals surface area (Å²) < 4.78 is 0. The van der Waals surface area contributed by atoms with E-state index in [-0.39, 0.29) is 6.04 Å². The summed E-state index contributed by atoms with van der Waals surface area (Å²) in [6.45, 7) is 0. The van der Waals surface area contributed by atoms with E-state index in [0.717, 1.165) is 6.41 Å². The minimum absolute atomic E-state index is 0.257. The summed E-state index contributed by atoms with van der Waals surface area (Å²) in [5.74, 6) is 1.27. The maximum atomic E-state index is 10.6. The van der Waals surface area contributed by atoms with Crippen LogP contribution in [0.4, 0.5) is 0 Å². The molecule has 2 aliphatic heterocycles. The van der Waals surface area contributed by atoms with Gasteiger partial charge in [0, 0.05) is 17.9 Å². The number of hydrogen-bond acceptors (Lipinski definition) is 1. The predicted octanol–water partition coefficient (Wildman–Crippen LogP) is 0.568. The van der Waals surface area contributed by atoms with E-state index in [1.807, 2.05) is 4.90 Å². The fourth-order valence-corrected chi connectivity index (χ4v) is 2.31. The molecule has 56 valence electrons. The molecule has 2 nitrogen and oxygen atoms in total. The van der Waals surface area contributed by atoms with Crippen molar-refractivity contribution in [2.24, 2.45) is 11.8 Å². The first kappa shape index (κ1) is 5.58. The fraction of sp³-hybridized carbons (Fsp3) is 0.444. The van der Waals surface area contributed by atoms with Gasteiger partial charge in [-0.15, -0.1) is 0 Å². The van der Waals surface area contributed by atoms with Gasteiger partial charge in [-0.25, -0.2) is 0 Å². The van der Waals surface area contributed by atoms with Crippen LogP contribution in [-0.2, 0) is 4.79 Å². The number of hydrogen-bond donors (Lipinski definition) is 0. The molecular weight excluding hydrogens is 138 g/mol. The first-order valence-electron chi connectivity index (χ1n) is 4.01. The normalized spacial score (nSPS) is 49.3. The Morgan fingerprint density at radius 2 is 1.73 bits per heavy atom. The number of rotatable bonds is 1. The van der Waals surface area contributed by atoms with Crippen molar-refractivity contribution >= 4 is 6.41 Å². The Morgan fingerprint density at radius 3 is 2.18 bits per heavy atom. The highest BCUT2D eigenvalue weighted by molar-refractivity contribution is 5.55. The van der Waals surface area contributed by atoms with Crippen LogP contribution in [0.5, 0.6) is 0 Å². The molecule has 0 aromatic heterocycles. The van der Waals surface area contributed by atoms with E-state index in [2.05, 4.69) is 24.3 Å². The highest BCUT2D eigenvalue weighted by Gasteiger charge is 2.55. The molecule has 2 unspecified atom stereocenters. The van der Waals surface area contributed by atoms with Gasteiger partial charge in [-0.2, -0.15) is 0 Å². The average Bonchev–Trinajstić information content (AvgIpc) is 2.78. The number of carbonyl (C=O) groups is 1. The number of fused-ring (bicyclic) bond motifs is 2. The molecule has 3 aliphatic rings. The molecule has 1 aliphatic carbocycles. The van der Waals surface area contributed by atoms with Crippen LogP contribution in [0.1, 0.15) is 0 Å². The Balaban J connectivity index is 2.09. The van der Waals surface area contributed by atoms with Gasteiger partial charge in [-0.05, 0) is 0 Å². The van der Waals surface area contributed by atoms with Crippen LogP contribution >= 0.6 is 0 Å². The summed E-state index contributed by atoms with van der Waals surface area (Å²) in [6, 6.07) is 0.764. The van der Waals surface area contributed by atoms with Crippen molar-refractivity contribution < 1.29 is 4.79 Å². The minimum Gasteiger partial charge on any atom is -0.331 e. The monoisotopic (exact) mass is 147 g/mol. The van der Waals surface area contributed by atoms with Gasteiger partial charge >= 0.3 is 0 Å². The van der Waals surface area contributed by atoms with Crippen LogP contribution in [0.15, 0.2) is 24.3 Å². The topological polar surface area (TPSA) is 20.3 Å². The van der Waals surface area contributed by atoms with Gasteiger partial charge in [0.15, 0.2) is 0 Å². The van der Waals surface area contributed by atoms with Gasteiger partial charge in [0.2, 0.25) is 6.41 Å². The second-order valence-corrected chi connectivity index (χ2v) is 3.46. The Hall–Kier alpha value is -1.05. The molecule has 0 saturated heterocycles. The standard InChI is InChI=1S/C9H9NO/c11-5-10-6-1-3-7-8(4-2-6)9(7)10/h1-9H. The van der Waals surface area contributed by atoms with Gasteiger partial charge in [0.1, 0.15) is 0 Å². The Bertz CT molecular complexity index is 249. The molecule has 0 radical (unpaired) electrons. The number of amides is 1. The second kappa shape index (κ2) is 1.58.